The van der Waals surface area contributed by atoms with Gasteiger partial charge in [-0.15, -0.1) is 0 Å². The first-order valence-electron chi connectivity index (χ1n) is 11.4. The van der Waals surface area contributed by atoms with E-state index in [2.05, 4.69) is 44.2 Å². The van der Waals surface area contributed by atoms with Crippen molar-refractivity contribution in [3.05, 3.63) is 46.0 Å². The molecule has 1 aliphatic heterocycles. The van der Waals surface area contributed by atoms with Crippen LogP contribution in [0.2, 0.25) is 5.02 Å². The summed E-state index contributed by atoms with van der Waals surface area (Å²) in [6.07, 6.45) is 9.63. The number of rotatable bonds is 4. The Morgan fingerprint density at radius 2 is 1.94 bits per heavy atom. The average molecular weight is 503 g/mol. The standard InChI is InChI=1S/C24H29BrClN5/c1-16-5-4-6-18(13-16)30-11-9-17(10-12-30)28-23-14-22(19-7-2-3-8-21(19)26)29-24-20(25)15-27-31(23)24/h2-3,7-8,14-18,28H,4-6,9-13H2,1H3. The van der Waals surface area contributed by atoms with Crippen LogP contribution in [0.3, 0.4) is 0 Å². The number of hydrogen-bond donors (Lipinski definition) is 1. The lowest BCUT2D eigenvalue weighted by Crippen LogP contribution is -2.46. The molecule has 1 saturated heterocycles. The van der Waals surface area contributed by atoms with Gasteiger partial charge in [0.05, 0.1) is 16.4 Å². The molecule has 31 heavy (non-hydrogen) atoms. The molecule has 164 valence electrons. The SMILES string of the molecule is CC1CCCC(N2CCC(Nc3cc(-c4ccccc4Cl)nc4c(Br)cnn34)CC2)C1. The Kier molecular flexibility index (Phi) is 6.22. The minimum atomic E-state index is 0.435. The van der Waals surface area contributed by atoms with Crippen LogP contribution < -0.4 is 5.32 Å². The van der Waals surface area contributed by atoms with Crippen LogP contribution in [-0.2, 0) is 0 Å². The topological polar surface area (TPSA) is 45.5 Å². The van der Waals surface area contributed by atoms with E-state index in [-0.39, 0.29) is 0 Å². The summed E-state index contributed by atoms with van der Waals surface area (Å²) >= 11 is 10.1. The van der Waals surface area contributed by atoms with Crippen molar-refractivity contribution in [1.82, 2.24) is 19.5 Å². The van der Waals surface area contributed by atoms with Gasteiger partial charge in [0.2, 0.25) is 0 Å². The van der Waals surface area contributed by atoms with E-state index in [1.165, 1.54) is 38.8 Å². The van der Waals surface area contributed by atoms with E-state index in [1.54, 1.807) is 6.20 Å². The number of halogens is 2. The Balaban J connectivity index is 1.35. The third-order valence-corrected chi connectivity index (χ3v) is 7.77. The van der Waals surface area contributed by atoms with Gasteiger partial charge in [0.15, 0.2) is 5.65 Å². The maximum atomic E-state index is 6.47. The van der Waals surface area contributed by atoms with Crippen molar-refractivity contribution in [3.63, 3.8) is 0 Å². The lowest BCUT2D eigenvalue weighted by Gasteiger charge is -2.41. The summed E-state index contributed by atoms with van der Waals surface area (Å²) in [5.74, 6) is 1.84. The molecular formula is C24H29BrClN5. The lowest BCUT2D eigenvalue weighted by atomic mass is 9.85. The van der Waals surface area contributed by atoms with E-state index in [0.717, 1.165) is 52.0 Å². The molecule has 5 rings (SSSR count). The molecule has 2 unspecified atom stereocenters. The first kappa shape index (κ1) is 21.2. The van der Waals surface area contributed by atoms with Crippen molar-refractivity contribution in [1.29, 1.82) is 0 Å². The second-order valence-electron chi connectivity index (χ2n) is 9.11. The summed E-state index contributed by atoms with van der Waals surface area (Å²) in [5, 5.41) is 9.01. The third-order valence-electron chi connectivity index (χ3n) is 6.89. The van der Waals surface area contributed by atoms with Crippen molar-refractivity contribution >= 4 is 39.0 Å². The summed E-state index contributed by atoms with van der Waals surface area (Å²) in [6.45, 7) is 4.75. The number of anilines is 1. The second kappa shape index (κ2) is 9.08. The first-order valence-corrected chi connectivity index (χ1v) is 12.6. The molecule has 0 amide bonds. The van der Waals surface area contributed by atoms with Gasteiger partial charge in [-0.1, -0.05) is 49.6 Å². The molecule has 1 aromatic carbocycles. The predicted molar refractivity (Wildman–Crippen MR) is 131 cm³/mol. The fourth-order valence-corrected chi connectivity index (χ4v) is 5.78. The molecule has 3 heterocycles. The van der Waals surface area contributed by atoms with Crippen LogP contribution in [0, 0.1) is 5.92 Å². The number of hydrogen-bond acceptors (Lipinski definition) is 4. The molecule has 0 radical (unpaired) electrons. The van der Waals surface area contributed by atoms with Crippen LogP contribution in [0.1, 0.15) is 45.4 Å². The number of nitrogens with zero attached hydrogens (tertiary/aromatic N) is 4. The smallest absolute Gasteiger partial charge is 0.172 e. The Morgan fingerprint density at radius 3 is 2.71 bits per heavy atom. The van der Waals surface area contributed by atoms with Gasteiger partial charge in [0, 0.05) is 41.8 Å². The Hall–Kier alpha value is -1.63. The number of nitrogens with one attached hydrogen (secondary N) is 1. The maximum Gasteiger partial charge on any atom is 0.172 e. The summed E-state index contributed by atoms with van der Waals surface area (Å²) in [7, 11) is 0. The lowest BCUT2D eigenvalue weighted by molar-refractivity contribution is 0.109. The van der Waals surface area contributed by atoms with E-state index in [0.29, 0.717) is 11.1 Å². The second-order valence-corrected chi connectivity index (χ2v) is 10.4. The third kappa shape index (κ3) is 4.48. The Labute approximate surface area is 197 Å². The van der Waals surface area contributed by atoms with E-state index in [4.69, 9.17) is 16.6 Å². The molecule has 2 fully saturated rings. The zero-order chi connectivity index (χ0) is 21.4. The summed E-state index contributed by atoms with van der Waals surface area (Å²) in [4.78, 5) is 7.55. The van der Waals surface area contributed by atoms with E-state index in [1.807, 2.05) is 28.8 Å². The number of likely N-dealkylation sites (tertiary alicyclic amines) is 1. The largest absolute Gasteiger partial charge is 0.367 e. The minimum Gasteiger partial charge on any atom is -0.367 e. The van der Waals surface area contributed by atoms with Gasteiger partial charge in [-0.3, -0.25) is 0 Å². The van der Waals surface area contributed by atoms with Gasteiger partial charge >= 0.3 is 0 Å². The summed E-state index contributed by atoms with van der Waals surface area (Å²) in [6, 6.07) is 11.1. The summed E-state index contributed by atoms with van der Waals surface area (Å²) < 4.78 is 2.77. The van der Waals surface area contributed by atoms with E-state index >= 15 is 0 Å². The van der Waals surface area contributed by atoms with Crippen molar-refractivity contribution < 1.29 is 0 Å². The molecule has 1 aliphatic carbocycles. The zero-order valence-corrected chi connectivity index (χ0v) is 20.2. The highest BCUT2D eigenvalue weighted by Crippen LogP contribution is 2.32. The molecule has 7 heteroatoms. The van der Waals surface area contributed by atoms with Crippen LogP contribution >= 0.6 is 27.5 Å². The number of piperidine rings is 1. The fourth-order valence-electron chi connectivity index (χ4n) is 5.20. The molecule has 2 aliphatic rings. The number of aromatic nitrogens is 3. The van der Waals surface area contributed by atoms with Gasteiger partial charge in [0.1, 0.15) is 5.82 Å². The highest BCUT2D eigenvalue weighted by Gasteiger charge is 2.28. The maximum absolute atomic E-state index is 6.47. The van der Waals surface area contributed by atoms with Crippen molar-refractivity contribution in [2.75, 3.05) is 18.4 Å². The van der Waals surface area contributed by atoms with Gasteiger partial charge in [-0.2, -0.15) is 9.61 Å². The molecule has 0 spiro atoms. The minimum absolute atomic E-state index is 0.435. The van der Waals surface area contributed by atoms with Crippen LogP contribution in [0.15, 0.2) is 41.0 Å². The van der Waals surface area contributed by atoms with Crippen molar-refractivity contribution in [2.24, 2.45) is 5.92 Å². The fraction of sp³-hybridized carbons (Fsp3) is 0.500. The highest BCUT2D eigenvalue weighted by molar-refractivity contribution is 9.10. The number of fused-ring (bicyclic) bond motifs is 1. The molecule has 2 aromatic heterocycles. The summed E-state index contributed by atoms with van der Waals surface area (Å²) in [5.41, 5.74) is 2.59. The van der Waals surface area contributed by atoms with Crippen LogP contribution in [0.5, 0.6) is 0 Å². The molecule has 0 bridgehead atoms. The highest BCUT2D eigenvalue weighted by atomic mass is 79.9. The molecular weight excluding hydrogens is 474 g/mol. The van der Waals surface area contributed by atoms with Crippen LogP contribution in [0.25, 0.3) is 16.9 Å². The zero-order valence-electron chi connectivity index (χ0n) is 17.9. The monoisotopic (exact) mass is 501 g/mol. The normalized spacial score (nSPS) is 23.3. The van der Waals surface area contributed by atoms with Crippen molar-refractivity contribution in [2.45, 2.75) is 57.5 Å². The molecule has 3 aromatic rings. The van der Waals surface area contributed by atoms with E-state index < -0.39 is 0 Å². The number of benzene rings is 1. The van der Waals surface area contributed by atoms with Gasteiger partial charge < -0.3 is 10.2 Å². The average Bonchev–Trinajstić information content (AvgIpc) is 3.16. The quantitative estimate of drug-likeness (QED) is 0.457. The van der Waals surface area contributed by atoms with Crippen molar-refractivity contribution in [3.8, 4) is 11.3 Å². The van der Waals surface area contributed by atoms with Gasteiger partial charge in [-0.05, 0) is 53.6 Å². The van der Waals surface area contributed by atoms with Crippen LogP contribution in [0.4, 0.5) is 5.82 Å². The molecule has 2 atom stereocenters. The predicted octanol–water partition coefficient (Wildman–Crippen LogP) is 6.27. The first-order chi connectivity index (χ1) is 15.1. The van der Waals surface area contributed by atoms with Gasteiger partial charge in [0.25, 0.3) is 0 Å². The Bertz CT molecular complexity index is 1060. The van der Waals surface area contributed by atoms with E-state index in [9.17, 15) is 0 Å². The Morgan fingerprint density at radius 1 is 1.13 bits per heavy atom. The van der Waals surface area contributed by atoms with Crippen LogP contribution in [-0.4, -0.2) is 44.7 Å². The molecule has 5 nitrogen and oxygen atoms in total. The van der Waals surface area contributed by atoms with Gasteiger partial charge in [-0.25, -0.2) is 4.98 Å². The molecule has 1 saturated carbocycles. The molecule has 1 N–H and O–H groups in total.